The molecule has 1 atom stereocenters. The molecule has 0 radical (unpaired) electrons. The van der Waals surface area contributed by atoms with Crippen LogP contribution in [0.4, 0.5) is 0 Å². The third-order valence-electron chi connectivity index (χ3n) is 4.11. The molecule has 0 aromatic carbocycles. The maximum Gasteiger partial charge on any atom is 0.0169 e. The predicted octanol–water partition coefficient (Wildman–Crippen LogP) is 1.65. The van der Waals surface area contributed by atoms with Crippen LogP contribution in [0.5, 0.6) is 0 Å². The molecule has 0 saturated carbocycles. The zero-order chi connectivity index (χ0) is 13.1. The van der Waals surface area contributed by atoms with E-state index in [2.05, 4.69) is 56.9 Å². The van der Waals surface area contributed by atoms with Crippen molar-refractivity contribution in [3.8, 4) is 0 Å². The highest BCUT2D eigenvalue weighted by molar-refractivity contribution is 4.89. The SMILES string of the molecule is CC(C)C(CC(C)(C)N1CCNCC1)N(C)C. The Morgan fingerprint density at radius 2 is 1.71 bits per heavy atom. The molecule has 1 N–H and O–H groups in total. The summed E-state index contributed by atoms with van der Waals surface area (Å²) in [5.41, 5.74) is 0.307. The van der Waals surface area contributed by atoms with Crippen LogP contribution in [-0.4, -0.2) is 61.7 Å². The lowest BCUT2D eigenvalue weighted by molar-refractivity contribution is 0.0595. The van der Waals surface area contributed by atoms with Gasteiger partial charge in [-0.3, -0.25) is 4.90 Å². The lowest BCUT2D eigenvalue weighted by Crippen LogP contribution is -2.55. The standard InChI is InChI=1S/C14H31N3/c1-12(2)13(16(5)6)11-14(3,4)17-9-7-15-8-10-17/h12-13,15H,7-11H2,1-6H3. The van der Waals surface area contributed by atoms with Crippen LogP contribution in [-0.2, 0) is 0 Å². The van der Waals surface area contributed by atoms with Crippen LogP contribution in [0.1, 0.15) is 34.1 Å². The van der Waals surface area contributed by atoms with Crippen LogP contribution in [0.3, 0.4) is 0 Å². The maximum absolute atomic E-state index is 3.43. The van der Waals surface area contributed by atoms with E-state index < -0.39 is 0 Å². The highest BCUT2D eigenvalue weighted by atomic mass is 15.2. The second-order valence-electron chi connectivity index (χ2n) is 6.53. The first kappa shape index (κ1) is 14.9. The van der Waals surface area contributed by atoms with E-state index in [9.17, 15) is 0 Å². The summed E-state index contributed by atoms with van der Waals surface area (Å²) in [6.45, 7) is 14.1. The Hall–Kier alpha value is -0.120. The molecule has 1 unspecified atom stereocenters. The number of rotatable bonds is 5. The van der Waals surface area contributed by atoms with E-state index >= 15 is 0 Å². The van der Waals surface area contributed by atoms with Gasteiger partial charge in [0.15, 0.2) is 0 Å². The summed E-state index contributed by atoms with van der Waals surface area (Å²) in [4.78, 5) is 5.02. The molecule has 0 aromatic rings. The zero-order valence-electron chi connectivity index (χ0n) is 12.6. The fourth-order valence-corrected chi connectivity index (χ4v) is 2.93. The highest BCUT2D eigenvalue weighted by Crippen LogP contribution is 2.26. The molecular weight excluding hydrogens is 210 g/mol. The van der Waals surface area contributed by atoms with E-state index in [-0.39, 0.29) is 0 Å². The molecule has 0 aliphatic carbocycles. The Bertz CT molecular complexity index is 210. The third-order valence-corrected chi connectivity index (χ3v) is 4.11. The predicted molar refractivity (Wildman–Crippen MR) is 75.5 cm³/mol. The number of nitrogens with zero attached hydrogens (tertiary/aromatic N) is 2. The summed E-state index contributed by atoms with van der Waals surface area (Å²) in [7, 11) is 4.41. The quantitative estimate of drug-likeness (QED) is 0.789. The fraction of sp³-hybridized carbons (Fsp3) is 1.00. The Morgan fingerprint density at radius 1 is 1.18 bits per heavy atom. The van der Waals surface area contributed by atoms with Crippen LogP contribution >= 0.6 is 0 Å². The van der Waals surface area contributed by atoms with Gasteiger partial charge in [-0.25, -0.2) is 0 Å². The smallest absolute Gasteiger partial charge is 0.0169 e. The van der Waals surface area contributed by atoms with Gasteiger partial charge < -0.3 is 10.2 Å². The molecule has 0 bridgehead atoms. The normalized spacial score (nSPS) is 21.2. The molecule has 0 aromatic heterocycles. The van der Waals surface area contributed by atoms with Crippen molar-refractivity contribution >= 4 is 0 Å². The molecule has 0 spiro atoms. The summed E-state index contributed by atoms with van der Waals surface area (Å²) in [5.74, 6) is 0.715. The lowest BCUT2D eigenvalue weighted by Gasteiger charge is -2.45. The van der Waals surface area contributed by atoms with Gasteiger partial charge in [-0.2, -0.15) is 0 Å². The van der Waals surface area contributed by atoms with Crippen molar-refractivity contribution in [2.45, 2.75) is 45.7 Å². The van der Waals surface area contributed by atoms with Gasteiger partial charge in [0.1, 0.15) is 0 Å². The highest BCUT2D eigenvalue weighted by Gasteiger charge is 2.32. The summed E-state index contributed by atoms with van der Waals surface area (Å²) in [6, 6.07) is 0.667. The van der Waals surface area contributed by atoms with Crippen LogP contribution in [0.25, 0.3) is 0 Å². The van der Waals surface area contributed by atoms with Gasteiger partial charge in [-0.05, 0) is 40.3 Å². The lowest BCUT2D eigenvalue weighted by atomic mass is 9.87. The van der Waals surface area contributed by atoms with Gasteiger partial charge in [0.25, 0.3) is 0 Å². The van der Waals surface area contributed by atoms with Gasteiger partial charge in [-0.1, -0.05) is 13.8 Å². The Labute approximate surface area is 108 Å². The third kappa shape index (κ3) is 4.23. The average Bonchev–Trinajstić information content (AvgIpc) is 2.26. The van der Waals surface area contributed by atoms with Crippen LogP contribution in [0.2, 0.25) is 0 Å². The van der Waals surface area contributed by atoms with Crippen molar-refractivity contribution in [2.24, 2.45) is 5.92 Å². The van der Waals surface area contributed by atoms with Crippen molar-refractivity contribution in [3.63, 3.8) is 0 Å². The first-order chi connectivity index (χ1) is 7.84. The summed E-state index contributed by atoms with van der Waals surface area (Å²) >= 11 is 0. The van der Waals surface area contributed by atoms with E-state index in [0.29, 0.717) is 17.5 Å². The molecule has 1 aliphatic rings. The average molecular weight is 241 g/mol. The topological polar surface area (TPSA) is 18.5 Å². The molecular formula is C14H31N3. The maximum atomic E-state index is 3.43. The first-order valence-corrected chi connectivity index (χ1v) is 6.97. The van der Waals surface area contributed by atoms with Gasteiger partial charge >= 0.3 is 0 Å². The Balaban J connectivity index is 2.62. The molecule has 0 amide bonds. The van der Waals surface area contributed by atoms with Crippen molar-refractivity contribution < 1.29 is 0 Å². The summed E-state index contributed by atoms with van der Waals surface area (Å²) in [5, 5.41) is 3.43. The molecule has 1 rings (SSSR count). The first-order valence-electron chi connectivity index (χ1n) is 6.97. The van der Waals surface area contributed by atoms with Crippen molar-refractivity contribution in [3.05, 3.63) is 0 Å². The number of hydrogen-bond acceptors (Lipinski definition) is 3. The fourth-order valence-electron chi connectivity index (χ4n) is 2.93. The second-order valence-corrected chi connectivity index (χ2v) is 6.53. The van der Waals surface area contributed by atoms with E-state index in [1.54, 1.807) is 0 Å². The molecule has 1 aliphatic heterocycles. The van der Waals surface area contributed by atoms with E-state index in [1.165, 1.54) is 19.5 Å². The minimum atomic E-state index is 0.307. The minimum absolute atomic E-state index is 0.307. The molecule has 1 fully saturated rings. The van der Waals surface area contributed by atoms with E-state index in [1.807, 2.05) is 0 Å². The second kappa shape index (κ2) is 6.17. The Kier molecular flexibility index (Phi) is 5.42. The Morgan fingerprint density at radius 3 is 2.12 bits per heavy atom. The molecule has 17 heavy (non-hydrogen) atoms. The largest absolute Gasteiger partial charge is 0.314 e. The summed E-state index contributed by atoms with van der Waals surface area (Å²) < 4.78 is 0. The van der Waals surface area contributed by atoms with Crippen LogP contribution in [0, 0.1) is 5.92 Å². The monoisotopic (exact) mass is 241 g/mol. The molecule has 3 heteroatoms. The number of hydrogen-bond donors (Lipinski definition) is 1. The molecule has 1 saturated heterocycles. The molecule has 102 valence electrons. The van der Waals surface area contributed by atoms with Crippen molar-refractivity contribution in [2.75, 3.05) is 40.3 Å². The van der Waals surface area contributed by atoms with Gasteiger partial charge in [-0.15, -0.1) is 0 Å². The van der Waals surface area contributed by atoms with Crippen LogP contribution in [0.15, 0.2) is 0 Å². The minimum Gasteiger partial charge on any atom is -0.314 e. The van der Waals surface area contributed by atoms with Gasteiger partial charge in [0.05, 0.1) is 0 Å². The molecule has 1 heterocycles. The molecule has 3 nitrogen and oxygen atoms in total. The summed E-state index contributed by atoms with van der Waals surface area (Å²) in [6.07, 6.45) is 1.25. The van der Waals surface area contributed by atoms with Gasteiger partial charge in [0, 0.05) is 37.8 Å². The zero-order valence-corrected chi connectivity index (χ0v) is 12.6. The van der Waals surface area contributed by atoms with Crippen LogP contribution < -0.4 is 5.32 Å². The van der Waals surface area contributed by atoms with Crippen molar-refractivity contribution in [1.82, 2.24) is 15.1 Å². The van der Waals surface area contributed by atoms with Crippen molar-refractivity contribution in [1.29, 1.82) is 0 Å². The van der Waals surface area contributed by atoms with Gasteiger partial charge in [0.2, 0.25) is 0 Å². The van der Waals surface area contributed by atoms with E-state index in [0.717, 1.165) is 13.1 Å². The number of nitrogens with one attached hydrogen (secondary N) is 1. The number of piperazine rings is 1. The van der Waals surface area contributed by atoms with E-state index in [4.69, 9.17) is 0 Å².